The quantitative estimate of drug-likeness (QED) is 0.587. The Morgan fingerprint density at radius 3 is 2.00 bits per heavy atom. The van der Waals surface area contributed by atoms with Crippen molar-refractivity contribution >= 4 is 13.3 Å². The Morgan fingerprint density at radius 2 is 1.46 bits per heavy atom. The Labute approximate surface area is 84.5 Å². The summed E-state index contributed by atoms with van der Waals surface area (Å²) in [4.78, 5) is 0. The van der Waals surface area contributed by atoms with Crippen molar-refractivity contribution in [3.05, 3.63) is 0 Å². The molecule has 0 saturated carbocycles. The van der Waals surface area contributed by atoms with Gasteiger partial charge in [0.25, 0.3) is 0 Å². The Kier molecular flexibility index (Phi) is 6.72. The molecule has 0 unspecified atom stereocenters. The molecule has 1 saturated heterocycles. The summed E-state index contributed by atoms with van der Waals surface area (Å²) < 4.78 is 0. The summed E-state index contributed by atoms with van der Waals surface area (Å²) in [5, 5.41) is 0. The lowest BCUT2D eigenvalue weighted by Gasteiger charge is -2.05. The molecule has 0 aromatic carbocycles. The molecule has 0 aromatic heterocycles. The number of hydrogen-bond donors (Lipinski definition) is 0. The van der Waals surface area contributed by atoms with E-state index in [1.54, 1.807) is 12.3 Å². The molecule has 0 nitrogen and oxygen atoms in total. The average Bonchev–Trinajstić information content (AvgIpc) is 2.28. The predicted molar refractivity (Wildman–Crippen MR) is 66.7 cm³/mol. The van der Waals surface area contributed by atoms with Crippen LogP contribution in [0.25, 0.3) is 0 Å². The van der Waals surface area contributed by atoms with E-state index in [2.05, 4.69) is 12.7 Å². The lowest BCUT2D eigenvalue weighted by Crippen LogP contribution is -1.86. The van der Waals surface area contributed by atoms with Gasteiger partial charge in [0.15, 0.2) is 0 Å². The minimum atomic E-state index is -0.0175. The Bertz CT molecular complexity index is 137. The van der Waals surface area contributed by atoms with Crippen LogP contribution in [0.3, 0.4) is 0 Å². The van der Waals surface area contributed by atoms with Crippen LogP contribution in [-0.4, -0.2) is 18.1 Å². The molecule has 1 heteroatoms. The van der Waals surface area contributed by atoms with Crippen LogP contribution in [0.1, 0.15) is 58.3 Å². The fraction of sp³-hybridized carbons (Fsp3) is 0.917. The Morgan fingerprint density at radius 1 is 0.923 bits per heavy atom. The summed E-state index contributed by atoms with van der Waals surface area (Å²) in [6.07, 6.45) is 15.0. The minimum Gasteiger partial charge on any atom is -0.122 e. The first-order valence-corrected chi connectivity index (χ1v) is 8.10. The highest BCUT2D eigenvalue weighted by Gasteiger charge is 2.00. The molecule has 0 N–H and O–H groups in total. The molecule has 0 bridgehead atoms. The van der Waals surface area contributed by atoms with Crippen LogP contribution >= 0.6 is 7.55 Å². The highest BCUT2D eigenvalue weighted by Crippen LogP contribution is 2.28. The molecule has 1 aliphatic rings. The molecule has 0 radical (unpaired) electrons. The van der Waals surface area contributed by atoms with Crippen molar-refractivity contribution in [1.29, 1.82) is 0 Å². The highest BCUT2D eigenvalue weighted by atomic mass is 31.1. The summed E-state index contributed by atoms with van der Waals surface area (Å²) in [6.45, 7) is 2.30. The molecule has 1 heterocycles. The van der Waals surface area contributed by atoms with E-state index in [9.17, 15) is 0 Å². The summed E-state index contributed by atoms with van der Waals surface area (Å²) in [6, 6.07) is 0. The molecule has 1 fully saturated rings. The summed E-state index contributed by atoms with van der Waals surface area (Å²) in [5.41, 5.74) is 0. The van der Waals surface area contributed by atoms with Crippen molar-refractivity contribution in [3.8, 4) is 0 Å². The van der Waals surface area contributed by atoms with Crippen molar-refractivity contribution < 1.29 is 0 Å². The zero-order valence-corrected chi connectivity index (χ0v) is 10.1. The maximum atomic E-state index is 2.69. The first-order chi connectivity index (χ1) is 6.43. The molecule has 0 atom stereocenters. The third kappa shape index (κ3) is 5.57. The predicted octanol–water partition coefficient (Wildman–Crippen LogP) is 4.16. The topological polar surface area (TPSA) is 0 Å². The van der Waals surface area contributed by atoms with E-state index in [-0.39, 0.29) is 7.55 Å². The Balaban J connectivity index is 2.31. The van der Waals surface area contributed by atoms with Crippen molar-refractivity contribution in [2.75, 3.05) is 12.3 Å². The maximum absolute atomic E-state index is 2.69. The normalized spacial score (nSPS) is 21.6. The third-order valence-corrected chi connectivity index (χ3v) is 5.83. The molecule has 0 aromatic rings. The summed E-state index contributed by atoms with van der Waals surface area (Å²) in [7, 11) is -0.0175. The van der Waals surface area contributed by atoms with Gasteiger partial charge in [-0.05, 0) is 31.6 Å². The molecule has 1 aliphatic heterocycles. The van der Waals surface area contributed by atoms with Crippen molar-refractivity contribution in [2.45, 2.75) is 58.3 Å². The van der Waals surface area contributed by atoms with E-state index in [0.29, 0.717) is 0 Å². The van der Waals surface area contributed by atoms with E-state index >= 15 is 0 Å². The summed E-state index contributed by atoms with van der Waals surface area (Å²) >= 11 is 0. The van der Waals surface area contributed by atoms with Gasteiger partial charge in [0.2, 0.25) is 0 Å². The van der Waals surface area contributed by atoms with Crippen LogP contribution in [0.5, 0.6) is 0 Å². The lowest BCUT2D eigenvalue weighted by atomic mass is 10.1. The molecule has 78 valence electrons. The average molecular weight is 200 g/mol. The molecular weight excluding hydrogens is 175 g/mol. The van der Waals surface area contributed by atoms with E-state index in [1.165, 1.54) is 51.4 Å². The molecule has 1 rings (SSSR count). The van der Waals surface area contributed by atoms with E-state index in [0.717, 1.165) is 0 Å². The number of unbranched alkanes of at least 4 members (excludes halogenated alkanes) is 1. The number of hydrogen-bond acceptors (Lipinski definition) is 0. The zero-order valence-electron chi connectivity index (χ0n) is 9.15. The van der Waals surface area contributed by atoms with E-state index < -0.39 is 0 Å². The van der Waals surface area contributed by atoms with Crippen molar-refractivity contribution in [2.24, 2.45) is 0 Å². The third-order valence-electron chi connectivity index (χ3n) is 2.97. The van der Waals surface area contributed by atoms with Gasteiger partial charge in [-0.15, -0.1) is 7.55 Å². The second-order valence-corrected chi connectivity index (χ2v) is 7.00. The van der Waals surface area contributed by atoms with Gasteiger partial charge in [-0.25, -0.2) is 0 Å². The fourth-order valence-electron chi connectivity index (χ4n) is 2.09. The molecule has 13 heavy (non-hydrogen) atoms. The van der Waals surface area contributed by atoms with Crippen LogP contribution in [-0.2, 0) is 0 Å². The largest absolute Gasteiger partial charge is 0.122 e. The maximum Gasteiger partial charge on any atom is -0.0351 e. The van der Waals surface area contributed by atoms with Gasteiger partial charge in [-0.3, -0.25) is 0 Å². The smallest absolute Gasteiger partial charge is 0.0351 e. The van der Waals surface area contributed by atoms with E-state index in [1.807, 2.05) is 0 Å². The SMILES string of the molecule is CCCC=[PH]1CCCCCCCC1. The summed E-state index contributed by atoms with van der Waals surface area (Å²) in [5.74, 6) is 2.69. The van der Waals surface area contributed by atoms with Gasteiger partial charge in [-0.2, -0.15) is 0 Å². The van der Waals surface area contributed by atoms with Gasteiger partial charge in [0, 0.05) is 0 Å². The van der Waals surface area contributed by atoms with Gasteiger partial charge >= 0.3 is 0 Å². The van der Waals surface area contributed by atoms with Crippen LogP contribution in [0.2, 0.25) is 0 Å². The van der Waals surface area contributed by atoms with Crippen LogP contribution in [0.15, 0.2) is 0 Å². The first-order valence-electron chi connectivity index (χ1n) is 6.11. The van der Waals surface area contributed by atoms with Crippen molar-refractivity contribution in [3.63, 3.8) is 0 Å². The minimum absolute atomic E-state index is 0.0175. The lowest BCUT2D eigenvalue weighted by molar-refractivity contribution is 0.636. The standard InChI is InChI=1S/C12H25P/c1-2-3-10-13-11-8-6-4-5-7-9-12-13/h10,13H,2-9,11-12H2,1H3. The van der Waals surface area contributed by atoms with Crippen molar-refractivity contribution in [1.82, 2.24) is 0 Å². The molecule has 0 aliphatic carbocycles. The zero-order chi connectivity index (χ0) is 9.36. The fourth-order valence-corrected chi connectivity index (χ4v) is 4.85. The highest BCUT2D eigenvalue weighted by molar-refractivity contribution is 7.57. The first kappa shape index (κ1) is 11.4. The van der Waals surface area contributed by atoms with Gasteiger partial charge < -0.3 is 0 Å². The van der Waals surface area contributed by atoms with Gasteiger partial charge in [0.1, 0.15) is 0 Å². The van der Waals surface area contributed by atoms with Crippen LogP contribution < -0.4 is 0 Å². The van der Waals surface area contributed by atoms with Crippen LogP contribution in [0, 0.1) is 0 Å². The second kappa shape index (κ2) is 7.68. The Hall–Kier alpha value is 0.300. The van der Waals surface area contributed by atoms with Gasteiger partial charge in [0.05, 0.1) is 0 Å². The van der Waals surface area contributed by atoms with Crippen LogP contribution in [0.4, 0.5) is 0 Å². The van der Waals surface area contributed by atoms with Gasteiger partial charge in [-0.1, -0.05) is 44.8 Å². The van der Waals surface area contributed by atoms with E-state index in [4.69, 9.17) is 0 Å². The molecular formula is C12H25P. The molecule has 0 amide bonds. The monoisotopic (exact) mass is 200 g/mol. The number of rotatable bonds is 2. The molecule has 0 spiro atoms. The second-order valence-electron chi connectivity index (χ2n) is 4.27.